The number of halogens is 1. The van der Waals surface area contributed by atoms with Crippen molar-refractivity contribution < 1.29 is 14.0 Å². The first-order valence-corrected chi connectivity index (χ1v) is 6.20. The summed E-state index contributed by atoms with van der Waals surface area (Å²) in [6.07, 6.45) is -0.250. The molecular weight excluding hydrogens is 257 g/mol. The Balaban J connectivity index is 2.18. The molecule has 20 heavy (non-hydrogen) atoms. The van der Waals surface area contributed by atoms with E-state index in [0.29, 0.717) is 0 Å². The van der Waals surface area contributed by atoms with Gasteiger partial charge in [-0.25, -0.2) is 4.39 Å². The smallest absolute Gasteiger partial charge is 0.231 e. The Morgan fingerprint density at radius 3 is 2.35 bits per heavy atom. The molecule has 0 bridgehead atoms. The highest BCUT2D eigenvalue weighted by molar-refractivity contribution is 6.03. The van der Waals surface area contributed by atoms with E-state index in [1.54, 1.807) is 6.07 Å². The van der Waals surface area contributed by atoms with Crippen LogP contribution in [0.1, 0.15) is 13.3 Å². The van der Waals surface area contributed by atoms with Crippen LogP contribution in [0.4, 0.5) is 10.1 Å². The van der Waals surface area contributed by atoms with Gasteiger partial charge in [0, 0.05) is 0 Å². The highest BCUT2D eigenvalue weighted by Gasteiger charge is 2.10. The number of carbonyl (C=O) groups excluding carboxylic acids is 2. The molecule has 102 valence electrons. The maximum Gasteiger partial charge on any atom is 0.231 e. The summed E-state index contributed by atoms with van der Waals surface area (Å²) in [6, 6.07) is 14.0. The monoisotopic (exact) mass is 271 g/mol. The van der Waals surface area contributed by atoms with Gasteiger partial charge in [0.2, 0.25) is 5.91 Å². The molecule has 0 aromatic heterocycles. The lowest BCUT2D eigenvalue weighted by Crippen LogP contribution is -2.15. The zero-order valence-corrected chi connectivity index (χ0v) is 11.0. The third-order valence-corrected chi connectivity index (χ3v) is 2.76. The van der Waals surface area contributed by atoms with E-state index in [9.17, 15) is 14.0 Å². The number of benzene rings is 2. The number of hydrogen-bond donors (Lipinski definition) is 1. The Bertz CT molecular complexity index is 638. The number of ketones is 1. The third-order valence-electron chi connectivity index (χ3n) is 2.76. The fourth-order valence-electron chi connectivity index (χ4n) is 1.85. The molecule has 0 aliphatic carbocycles. The van der Waals surface area contributed by atoms with Crippen molar-refractivity contribution in [3.8, 4) is 11.1 Å². The molecule has 1 N–H and O–H groups in total. The van der Waals surface area contributed by atoms with E-state index in [2.05, 4.69) is 5.32 Å². The second kappa shape index (κ2) is 6.10. The Kier molecular flexibility index (Phi) is 4.25. The van der Waals surface area contributed by atoms with Crippen LogP contribution in [0.2, 0.25) is 0 Å². The van der Waals surface area contributed by atoms with Gasteiger partial charge in [-0.1, -0.05) is 36.4 Å². The number of rotatable bonds is 4. The lowest BCUT2D eigenvalue weighted by molar-refractivity contribution is -0.124. The van der Waals surface area contributed by atoms with E-state index in [1.165, 1.54) is 19.1 Å². The third kappa shape index (κ3) is 3.51. The number of amides is 1. The van der Waals surface area contributed by atoms with Gasteiger partial charge in [0.05, 0.1) is 12.1 Å². The minimum atomic E-state index is -0.525. The molecule has 4 heteroatoms. The van der Waals surface area contributed by atoms with Crippen molar-refractivity contribution in [2.24, 2.45) is 0 Å². The first-order chi connectivity index (χ1) is 9.56. The lowest BCUT2D eigenvalue weighted by Gasteiger charge is -2.08. The van der Waals surface area contributed by atoms with Gasteiger partial charge in [0.25, 0.3) is 0 Å². The number of hydrogen-bond acceptors (Lipinski definition) is 2. The Morgan fingerprint density at radius 1 is 1.05 bits per heavy atom. The van der Waals surface area contributed by atoms with Crippen LogP contribution in [0, 0.1) is 5.82 Å². The number of carbonyl (C=O) groups is 2. The normalized spacial score (nSPS) is 10.1. The van der Waals surface area contributed by atoms with Crippen LogP contribution in [0.5, 0.6) is 0 Å². The summed E-state index contributed by atoms with van der Waals surface area (Å²) in [4.78, 5) is 22.2. The van der Waals surface area contributed by atoms with E-state index in [4.69, 9.17) is 0 Å². The molecule has 0 aliphatic rings. The van der Waals surface area contributed by atoms with Crippen molar-refractivity contribution in [3.05, 3.63) is 54.3 Å². The van der Waals surface area contributed by atoms with Crippen molar-refractivity contribution in [1.82, 2.24) is 0 Å². The van der Waals surface area contributed by atoms with Gasteiger partial charge in [-0.05, 0) is 30.2 Å². The maximum absolute atomic E-state index is 13.9. The van der Waals surface area contributed by atoms with E-state index in [0.717, 1.165) is 11.1 Å². The molecule has 0 heterocycles. The van der Waals surface area contributed by atoms with Gasteiger partial charge in [-0.3, -0.25) is 9.59 Å². The van der Waals surface area contributed by atoms with Crippen LogP contribution in [0.3, 0.4) is 0 Å². The highest BCUT2D eigenvalue weighted by atomic mass is 19.1. The predicted octanol–water partition coefficient (Wildman–Crippen LogP) is 3.41. The van der Waals surface area contributed by atoms with Gasteiger partial charge in [0.15, 0.2) is 0 Å². The fourth-order valence-corrected chi connectivity index (χ4v) is 1.85. The summed E-state index contributed by atoms with van der Waals surface area (Å²) < 4.78 is 13.9. The average Bonchev–Trinajstić information content (AvgIpc) is 2.41. The molecule has 0 saturated carbocycles. The molecule has 0 saturated heterocycles. The fraction of sp³-hybridized carbons (Fsp3) is 0.125. The van der Waals surface area contributed by atoms with Crippen LogP contribution >= 0.6 is 0 Å². The van der Waals surface area contributed by atoms with E-state index in [-0.39, 0.29) is 17.9 Å². The second-order valence-corrected chi connectivity index (χ2v) is 4.49. The average molecular weight is 271 g/mol. The first-order valence-electron chi connectivity index (χ1n) is 6.20. The van der Waals surface area contributed by atoms with Crippen molar-refractivity contribution in [3.63, 3.8) is 0 Å². The van der Waals surface area contributed by atoms with Crippen LogP contribution in [-0.4, -0.2) is 11.7 Å². The molecule has 0 unspecified atom stereocenters. The van der Waals surface area contributed by atoms with Gasteiger partial charge >= 0.3 is 0 Å². The summed E-state index contributed by atoms with van der Waals surface area (Å²) >= 11 is 0. The molecule has 0 spiro atoms. The minimum Gasteiger partial charge on any atom is -0.323 e. The molecular formula is C16H14FNO2. The van der Waals surface area contributed by atoms with Crippen LogP contribution in [0.25, 0.3) is 11.1 Å². The molecule has 1 amide bonds. The summed E-state index contributed by atoms with van der Waals surface area (Å²) in [5.74, 6) is -1.30. The van der Waals surface area contributed by atoms with Crippen molar-refractivity contribution in [2.75, 3.05) is 5.32 Å². The molecule has 0 fully saturated rings. The molecule has 2 aromatic rings. The Hall–Kier alpha value is -2.49. The first kappa shape index (κ1) is 13.9. The largest absolute Gasteiger partial charge is 0.323 e. The van der Waals surface area contributed by atoms with E-state index >= 15 is 0 Å². The number of Topliss-reactive ketones (excluding diaryl/α,β-unsaturated/α-hetero) is 1. The van der Waals surface area contributed by atoms with Crippen LogP contribution in [0.15, 0.2) is 48.5 Å². The lowest BCUT2D eigenvalue weighted by atomic mass is 10.1. The van der Waals surface area contributed by atoms with E-state index < -0.39 is 11.7 Å². The van der Waals surface area contributed by atoms with E-state index in [1.807, 2.05) is 30.3 Å². The standard InChI is InChI=1S/C16H14FNO2/c1-11(19)9-16(20)18-15-8-7-13(10-14(15)17)12-5-3-2-4-6-12/h2-8,10H,9H2,1H3,(H,18,20). The molecule has 2 rings (SSSR count). The zero-order valence-electron chi connectivity index (χ0n) is 11.0. The van der Waals surface area contributed by atoms with Crippen molar-refractivity contribution in [2.45, 2.75) is 13.3 Å². The topological polar surface area (TPSA) is 46.2 Å². The van der Waals surface area contributed by atoms with Crippen LogP contribution in [-0.2, 0) is 9.59 Å². The zero-order chi connectivity index (χ0) is 14.5. The summed E-state index contributed by atoms with van der Waals surface area (Å²) in [7, 11) is 0. The minimum absolute atomic E-state index is 0.0796. The Labute approximate surface area is 116 Å². The highest BCUT2D eigenvalue weighted by Crippen LogP contribution is 2.24. The molecule has 2 aromatic carbocycles. The molecule has 0 aliphatic heterocycles. The van der Waals surface area contributed by atoms with Gasteiger partial charge < -0.3 is 5.32 Å². The second-order valence-electron chi connectivity index (χ2n) is 4.49. The van der Waals surface area contributed by atoms with Crippen molar-refractivity contribution >= 4 is 17.4 Å². The predicted molar refractivity (Wildman–Crippen MR) is 75.8 cm³/mol. The van der Waals surface area contributed by atoms with Gasteiger partial charge in [-0.2, -0.15) is 0 Å². The summed E-state index contributed by atoms with van der Waals surface area (Å²) in [5.41, 5.74) is 1.71. The summed E-state index contributed by atoms with van der Waals surface area (Å²) in [5, 5.41) is 2.39. The molecule has 3 nitrogen and oxygen atoms in total. The van der Waals surface area contributed by atoms with Crippen molar-refractivity contribution in [1.29, 1.82) is 0 Å². The quantitative estimate of drug-likeness (QED) is 0.866. The molecule has 0 atom stereocenters. The van der Waals surface area contributed by atoms with Crippen LogP contribution < -0.4 is 5.32 Å². The number of nitrogens with one attached hydrogen (secondary N) is 1. The maximum atomic E-state index is 13.9. The van der Waals surface area contributed by atoms with Gasteiger partial charge in [0.1, 0.15) is 11.6 Å². The van der Waals surface area contributed by atoms with Gasteiger partial charge in [-0.15, -0.1) is 0 Å². The summed E-state index contributed by atoms with van der Waals surface area (Å²) in [6.45, 7) is 1.31. The molecule has 0 radical (unpaired) electrons. The SMILES string of the molecule is CC(=O)CC(=O)Nc1ccc(-c2ccccc2)cc1F. The Morgan fingerprint density at radius 2 is 1.75 bits per heavy atom. The number of anilines is 1.